The summed E-state index contributed by atoms with van der Waals surface area (Å²) >= 11 is 0. The van der Waals surface area contributed by atoms with Crippen molar-refractivity contribution < 1.29 is 27.4 Å². The van der Waals surface area contributed by atoms with Crippen molar-refractivity contribution in [2.45, 2.75) is 42.1 Å². The lowest BCUT2D eigenvalue weighted by Gasteiger charge is -2.36. The maximum atomic E-state index is 13.9. The average Bonchev–Trinajstić information content (AvgIpc) is 3.20. The Morgan fingerprint density at radius 3 is 2.38 bits per heavy atom. The quantitative estimate of drug-likeness (QED) is 0.598. The summed E-state index contributed by atoms with van der Waals surface area (Å²) in [5, 5.41) is -0.816. The van der Waals surface area contributed by atoms with Crippen molar-refractivity contribution in [2.75, 3.05) is 40.0 Å². The Hall–Kier alpha value is -1.81. The van der Waals surface area contributed by atoms with Gasteiger partial charge in [-0.2, -0.15) is 0 Å². The van der Waals surface area contributed by atoms with Gasteiger partial charge < -0.3 is 18.9 Å². The number of ether oxygens (including phenoxy) is 4. The highest BCUT2D eigenvalue weighted by Crippen LogP contribution is 2.35. The van der Waals surface area contributed by atoms with E-state index in [1.54, 1.807) is 19.2 Å². The van der Waals surface area contributed by atoms with Gasteiger partial charge in [-0.1, -0.05) is 48.0 Å². The van der Waals surface area contributed by atoms with Crippen molar-refractivity contribution in [3.05, 3.63) is 65.7 Å². The van der Waals surface area contributed by atoms with Crippen molar-refractivity contribution in [3.63, 3.8) is 0 Å². The lowest BCUT2D eigenvalue weighted by Crippen LogP contribution is -2.55. The SMILES string of the molecule is CO[C@H]1O[C@H](COCc2ccccc2)[C@@H](S(=O)(=O)c2ccc(C)cc2)[C@@H]1N1CCOCC1. The third-order valence-electron chi connectivity index (χ3n) is 6.09. The van der Waals surface area contributed by atoms with Gasteiger partial charge in [0, 0.05) is 20.2 Å². The lowest BCUT2D eigenvalue weighted by molar-refractivity contribution is -0.152. The second-order valence-corrected chi connectivity index (χ2v) is 10.3. The zero-order valence-corrected chi connectivity index (χ0v) is 19.4. The van der Waals surface area contributed by atoms with E-state index in [2.05, 4.69) is 4.90 Å². The van der Waals surface area contributed by atoms with Gasteiger partial charge in [-0.25, -0.2) is 8.42 Å². The molecule has 0 N–H and O–H groups in total. The molecule has 0 unspecified atom stereocenters. The summed E-state index contributed by atoms with van der Waals surface area (Å²) in [6.45, 7) is 4.85. The van der Waals surface area contributed by atoms with Crippen LogP contribution in [0.1, 0.15) is 11.1 Å². The van der Waals surface area contributed by atoms with Crippen molar-refractivity contribution in [3.8, 4) is 0 Å². The zero-order valence-electron chi connectivity index (χ0n) is 18.6. The molecule has 7 nitrogen and oxygen atoms in total. The number of hydrogen-bond donors (Lipinski definition) is 0. The molecule has 4 atom stereocenters. The largest absolute Gasteiger partial charge is 0.379 e. The van der Waals surface area contributed by atoms with E-state index >= 15 is 0 Å². The summed E-state index contributed by atoms with van der Waals surface area (Å²) in [6.07, 6.45) is -1.31. The minimum absolute atomic E-state index is 0.158. The molecular weight excluding hydrogens is 430 g/mol. The first-order chi connectivity index (χ1) is 15.5. The smallest absolute Gasteiger partial charge is 0.185 e. The summed E-state index contributed by atoms with van der Waals surface area (Å²) in [7, 11) is -2.15. The number of benzene rings is 2. The minimum atomic E-state index is -3.71. The molecule has 0 radical (unpaired) electrons. The number of aryl methyl sites for hydroxylation is 1. The number of sulfone groups is 1. The van der Waals surface area contributed by atoms with E-state index in [4.69, 9.17) is 18.9 Å². The maximum Gasteiger partial charge on any atom is 0.185 e. The van der Waals surface area contributed by atoms with Crippen LogP contribution in [0.3, 0.4) is 0 Å². The molecule has 0 spiro atoms. The van der Waals surface area contributed by atoms with Crippen LogP contribution in [-0.4, -0.2) is 77.0 Å². The third-order valence-corrected chi connectivity index (χ3v) is 8.32. The summed E-state index contributed by atoms with van der Waals surface area (Å²) in [5.74, 6) is 0. The highest BCUT2D eigenvalue weighted by atomic mass is 32.2. The fourth-order valence-corrected chi connectivity index (χ4v) is 6.46. The predicted molar refractivity (Wildman–Crippen MR) is 120 cm³/mol. The summed E-state index contributed by atoms with van der Waals surface area (Å²) in [4.78, 5) is 2.41. The topological polar surface area (TPSA) is 74.3 Å². The van der Waals surface area contributed by atoms with Crippen LogP contribution in [0, 0.1) is 6.92 Å². The summed E-state index contributed by atoms with van der Waals surface area (Å²) in [6, 6.07) is 16.3. The van der Waals surface area contributed by atoms with E-state index < -0.39 is 33.5 Å². The summed E-state index contributed by atoms with van der Waals surface area (Å²) in [5.41, 5.74) is 2.03. The van der Waals surface area contributed by atoms with Gasteiger partial charge in [-0.3, -0.25) is 4.90 Å². The number of hydrogen-bond acceptors (Lipinski definition) is 7. The summed E-state index contributed by atoms with van der Waals surface area (Å²) < 4.78 is 50.9. The van der Waals surface area contributed by atoms with Crippen LogP contribution < -0.4 is 0 Å². The number of rotatable bonds is 8. The Morgan fingerprint density at radius 1 is 1.03 bits per heavy atom. The van der Waals surface area contributed by atoms with Crippen molar-refractivity contribution in [2.24, 2.45) is 0 Å². The van der Waals surface area contributed by atoms with Crippen LogP contribution in [0.4, 0.5) is 0 Å². The monoisotopic (exact) mass is 461 g/mol. The molecule has 8 heteroatoms. The molecular formula is C24H31NO6S. The van der Waals surface area contributed by atoms with E-state index in [9.17, 15) is 8.42 Å². The molecule has 2 aliphatic rings. The first-order valence-corrected chi connectivity index (χ1v) is 12.5. The molecule has 2 aromatic carbocycles. The van der Waals surface area contributed by atoms with E-state index in [1.165, 1.54) is 0 Å². The highest BCUT2D eigenvalue weighted by molar-refractivity contribution is 7.92. The van der Waals surface area contributed by atoms with Gasteiger partial charge >= 0.3 is 0 Å². The van der Waals surface area contributed by atoms with Gasteiger partial charge in [0.15, 0.2) is 16.1 Å². The molecule has 0 amide bonds. The Morgan fingerprint density at radius 2 is 1.72 bits per heavy atom. The Balaban J connectivity index is 1.61. The van der Waals surface area contributed by atoms with Crippen molar-refractivity contribution >= 4 is 9.84 Å². The van der Waals surface area contributed by atoms with Crippen LogP contribution in [0.15, 0.2) is 59.5 Å². The van der Waals surface area contributed by atoms with E-state index in [0.717, 1.165) is 11.1 Å². The Bertz CT molecular complexity index is 960. The van der Waals surface area contributed by atoms with Crippen LogP contribution >= 0.6 is 0 Å². The van der Waals surface area contributed by atoms with Gasteiger partial charge in [0.1, 0.15) is 11.4 Å². The molecule has 2 aromatic rings. The number of nitrogens with zero attached hydrogens (tertiary/aromatic N) is 1. The average molecular weight is 462 g/mol. The fraction of sp³-hybridized carbons (Fsp3) is 0.500. The molecule has 2 fully saturated rings. The van der Waals surface area contributed by atoms with Crippen LogP contribution in [0.2, 0.25) is 0 Å². The normalized spacial score (nSPS) is 26.9. The fourth-order valence-electron chi connectivity index (χ4n) is 4.43. The van der Waals surface area contributed by atoms with Crippen LogP contribution in [0.5, 0.6) is 0 Å². The zero-order chi connectivity index (χ0) is 22.6. The van der Waals surface area contributed by atoms with Crippen LogP contribution in [-0.2, 0) is 35.4 Å². The second kappa shape index (κ2) is 10.4. The van der Waals surface area contributed by atoms with Gasteiger partial charge in [-0.15, -0.1) is 0 Å². The molecule has 0 bridgehead atoms. The molecule has 174 valence electrons. The minimum Gasteiger partial charge on any atom is -0.379 e. The number of methoxy groups -OCH3 is 1. The van der Waals surface area contributed by atoms with E-state index in [0.29, 0.717) is 37.8 Å². The molecule has 0 saturated carbocycles. The first kappa shape index (κ1) is 23.4. The lowest BCUT2D eigenvalue weighted by atomic mass is 10.1. The van der Waals surface area contributed by atoms with Gasteiger partial charge in [0.25, 0.3) is 0 Å². The van der Waals surface area contributed by atoms with Crippen molar-refractivity contribution in [1.82, 2.24) is 4.90 Å². The van der Waals surface area contributed by atoms with E-state index in [-0.39, 0.29) is 6.61 Å². The molecule has 2 saturated heterocycles. The maximum absolute atomic E-state index is 13.9. The molecule has 2 heterocycles. The van der Waals surface area contributed by atoms with Gasteiger partial charge in [0.2, 0.25) is 0 Å². The molecule has 0 aromatic heterocycles. The Kier molecular flexibility index (Phi) is 7.60. The van der Waals surface area contributed by atoms with Crippen LogP contribution in [0.25, 0.3) is 0 Å². The highest BCUT2D eigenvalue weighted by Gasteiger charge is 2.54. The third kappa shape index (κ3) is 5.06. The second-order valence-electron chi connectivity index (χ2n) is 8.24. The van der Waals surface area contributed by atoms with Crippen molar-refractivity contribution in [1.29, 1.82) is 0 Å². The first-order valence-electron chi connectivity index (χ1n) is 10.9. The van der Waals surface area contributed by atoms with Gasteiger partial charge in [-0.05, 0) is 24.6 Å². The molecule has 0 aliphatic carbocycles. The standard InChI is InChI=1S/C24H31NO6S/c1-18-8-10-20(11-9-18)32(26,27)23-21(17-30-16-19-6-4-3-5-7-19)31-24(28-2)22(23)25-12-14-29-15-13-25/h3-11,21-24H,12-17H2,1-2H3/t21-,22+,23-,24+/m1/s1. The van der Waals surface area contributed by atoms with Gasteiger partial charge in [0.05, 0.1) is 37.4 Å². The molecule has 32 heavy (non-hydrogen) atoms. The Labute approximate surface area is 190 Å². The molecule has 4 rings (SSSR count). The number of morpholine rings is 1. The predicted octanol–water partition coefficient (Wildman–Crippen LogP) is 2.43. The molecule has 2 aliphatic heterocycles. The van der Waals surface area contributed by atoms with E-state index in [1.807, 2.05) is 49.4 Å².